The molecule has 2 aromatic heterocycles. The van der Waals surface area contributed by atoms with Crippen LogP contribution in [-0.2, 0) is 19.4 Å². The summed E-state index contributed by atoms with van der Waals surface area (Å²) in [4.78, 5) is 34.2. The van der Waals surface area contributed by atoms with Gasteiger partial charge in [0.1, 0.15) is 4.83 Å². The van der Waals surface area contributed by atoms with Crippen molar-refractivity contribution in [3.63, 3.8) is 0 Å². The molecule has 0 saturated carbocycles. The molecule has 204 valence electrons. The summed E-state index contributed by atoms with van der Waals surface area (Å²) in [6.45, 7) is 5.18. The minimum absolute atomic E-state index is 0.0550. The average molecular weight is 559 g/mol. The first-order valence-electron chi connectivity index (χ1n) is 14.4. The van der Waals surface area contributed by atoms with Gasteiger partial charge in [-0.1, -0.05) is 112 Å². The van der Waals surface area contributed by atoms with E-state index in [2.05, 4.69) is 26.0 Å². The quantitative estimate of drug-likeness (QED) is 0.0756. The van der Waals surface area contributed by atoms with Crippen LogP contribution in [0.15, 0.2) is 64.5 Å². The molecule has 2 heterocycles. The number of aryl methyl sites for hydroxylation is 1. The van der Waals surface area contributed by atoms with E-state index in [1.165, 1.54) is 47.9 Å². The number of fused-ring (bicyclic) bond motifs is 3. The largest absolute Gasteiger partial charge is 0.293 e. The third-order valence-electron chi connectivity index (χ3n) is 7.76. The zero-order valence-corrected chi connectivity index (χ0v) is 24.7. The molecule has 0 N–H and O–H groups in total. The van der Waals surface area contributed by atoms with Gasteiger partial charge >= 0.3 is 0 Å². The Morgan fingerprint density at radius 3 is 2.49 bits per heavy atom. The van der Waals surface area contributed by atoms with Crippen LogP contribution in [0.1, 0.15) is 79.6 Å². The SMILES string of the molecule is CCCCCCCCn1c(SCC(=O)c2ccc(-c3ccccc3)cc2)nc2sc3c(c2c1=O)CCC(C)C3. The van der Waals surface area contributed by atoms with Crippen molar-refractivity contribution in [1.29, 1.82) is 0 Å². The van der Waals surface area contributed by atoms with Gasteiger partial charge in [-0.15, -0.1) is 11.3 Å². The van der Waals surface area contributed by atoms with E-state index in [1.807, 2.05) is 47.0 Å². The van der Waals surface area contributed by atoms with Crippen molar-refractivity contribution < 1.29 is 4.79 Å². The average Bonchev–Trinajstić information content (AvgIpc) is 3.32. The molecular formula is C33H38N2O2S2. The number of rotatable bonds is 12. The fourth-order valence-corrected chi connectivity index (χ4v) is 7.80. The Hall–Kier alpha value is -2.70. The van der Waals surface area contributed by atoms with Gasteiger partial charge in [0.05, 0.1) is 11.1 Å². The minimum Gasteiger partial charge on any atom is -0.293 e. The van der Waals surface area contributed by atoms with Crippen LogP contribution in [-0.4, -0.2) is 21.1 Å². The molecule has 0 spiro atoms. The summed E-state index contributed by atoms with van der Waals surface area (Å²) in [5, 5.41) is 1.52. The summed E-state index contributed by atoms with van der Waals surface area (Å²) in [5.74, 6) is 0.969. The third-order valence-corrected chi connectivity index (χ3v) is 9.89. The van der Waals surface area contributed by atoms with Crippen LogP contribution >= 0.6 is 23.1 Å². The lowest BCUT2D eigenvalue weighted by atomic mass is 9.89. The van der Waals surface area contributed by atoms with Crippen LogP contribution < -0.4 is 5.56 Å². The maximum Gasteiger partial charge on any atom is 0.263 e. The molecule has 1 atom stereocenters. The molecule has 0 saturated heterocycles. The van der Waals surface area contributed by atoms with Crippen LogP contribution in [0, 0.1) is 5.92 Å². The molecule has 0 aliphatic heterocycles. The summed E-state index contributed by atoms with van der Waals surface area (Å²) in [7, 11) is 0. The summed E-state index contributed by atoms with van der Waals surface area (Å²) in [6, 6.07) is 18.0. The predicted octanol–water partition coefficient (Wildman–Crippen LogP) is 8.59. The highest BCUT2D eigenvalue weighted by molar-refractivity contribution is 7.99. The van der Waals surface area contributed by atoms with Gasteiger partial charge in [-0.3, -0.25) is 14.2 Å². The van der Waals surface area contributed by atoms with E-state index < -0.39 is 0 Å². The van der Waals surface area contributed by atoms with Gasteiger partial charge < -0.3 is 0 Å². The second-order valence-electron chi connectivity index (χ2n) is 10.8. The fraction of sp³-hybridized carbons (Fsp3) is 0.424. The number of carbonyl (C=O) groups is 1. The van der Waals surface area contributed by atoms with Crippen molar-refractivity contribution in [2.45, 2.75) is 83.3 Å². The van der Waals surface area contributed by atoms with Gasteiger partial charge in [0, 0.05) is 17.0 Å². The lowest BCUT2D eigenvalue weighted by Crippen LogP contribution is -2.24. The Balaban J connectivity index is 1.36. The van der Waals surface area contributed by atoms with Gasteiger partial charge in [0.15, 0.2) is 10.9 Å². The van der Waals surface area contributed by atoms with Crippen LogP contribution in [0.2, 0.25) is 0 Å². The number of benzene rings is 2. The number of thiophene rings is 1. The number of unbranched alkanes of at least 4 members (excludes halogenated alkanes) is 5. The lowest BCUT2D eigenvalue weighted by molar-refractivity contribution is 0.102. The smallest absolute Gasteiger partial charge is 0.263 e. The summed E-state index contributed by atoms with van der Waals surface area (Å²) < 4.78 is 1.86. The summed E-state index contributed by atoms with van der Waals surface area (Å²) in [6.07, 6.45) is 10.1. The van der Waals surface area contributed by atoms with Crippen LogP contribution in [0.5, 0.6) is 0 Å². The topological polar surface area (TPSA) is 52.0 Å². The number of thioether (sulfide) groups is 1. The Morgan fingerprint density at radius 1 is 1.00 bits per heavy atom. The van der Waals surface area contributed by atoms with Gasteiger partial charge in [-0.05, 0) is 48.3 Å². The monoisotopic (exact) mass is 558 g/mol. The maximum absolute atomic E-state index is 13.8. The van der Waals surface area contributed by atoms with Crippen molar-refractivity contribution in [3.05, 3.63) is 81.0 Å². The number of Topliss-reactive ketones (excluding diaryl/α,β-unsaturated/α-hetero) is 1. The van der Waals surface area contributed by atoms with Crippen LogP contribution in [0.3, 0.4) is 0 Å². The fourth-order valence-electron chi connectivity index (χ4n) is 5.45. The highest BCUT2D eigenvalue weighted by Gasteiger charge is 2.25. The predicted molar refractivity (Wildman–Crippen MR) is 165 cm³/mol. The second kappa shape index (κ2) is 13.1. The molecule has 1 aliphatic carbocycles. The van der Waals surface area contributed by atoms with Gasteiger partial charge in [-0.2, -0.15) is 0 Å². The number of nitrogens with zero attached hydrogens (tertiary/aromatic N) is 2. The van der Waals surface area contributed by atoms with Crippen molar-refractivity contribution in [3.8, 4) is 11.1 Å². The van der Waals surface area contributed by atoms with E-state index in [9.17, 15) is 9.59 Å². The molecule has 0 bridgehead atoms. The maximum atomic E-state index is 13.8. The molecule has 1 aliphatic rings. The van der Waals surface area contributed by atoms with E-state index in [0.29, 0.717) is 23.2 Å². The molecule has 4 aromatic rings. The Labute approximate surface area is 239 Å². The van der Waals surface area contributed by atoms with Gasteiger partial charge in [0.2, 0.25) is 0 Å². The lowest BCUT2D eigenvalue weighted by Gasteiger charge is -2.17. The standard InChI is InChI=1S/C33H38N2O2S2/c1-3-4-5-6-7-11-20-35-32(37)30-27-19-14-23(2)21-29(27)39-31(30)34-33(35)38-22-28(36)26-17-15-25(16-18-26)24-12-9-8-10-13-24/h8-10,12-13,15-18,23H,3-7,11,14,19-22H2,1-2H3. The summed E-state index contributed by atoms with van der Waals surface area (Å²) >= 11 is 3.09. The molecule has 0 fully saturated rings. The van der Waals surface area contributed by atoms with E-state index in [0.717, 1.165) is 53.4 Å². The van der Waals surface area contributed by atoms with E-state index in [1.54, 1.807) is 11.3 Å². The van der Waals surface area contributed by atoms with E-state index in [4.69, 9.17) is 4.98 Å². The van der Waals surface area contributed by atoms with Crippen LogP contribution in [0.25, 0.3) is 21.3 Å². The Kier molecular flexibility index (Phi) is 9.36. The van der Waals surface area contributed by atoms with Gasteiger partial charge in [0.25, 0.3) is 5.56 Å². The van der Waals surface area contributed by atoms with Crippen molar-refractivity contribution in [2.24, 2.45) is 5.92 Å². The normalized spacial score (nSPS) is 15.0. The second-order valence-corrected chi connectivity index (χ2v) is 12.8. The number of ketones is 1. The summed E-state index contributed by atoms with van der Waals surface area (Å²) in [5.41, 5.74) is 4.23. The first-order valence-corrected chi connectivity index (χ1v) is 16.2. The van der Waals surface area contributed by atoms with Crippen molar-refractivity contribution >= 4 is 39.1 Å². The zero-order chi connectivity index (χ0) is 27.2. The zero-order valence-electron chi connectivity index (χ0n) is 23.1. The van der Waals surface area contributed by atoms with Crippen molar-refractivity contribution in [1.82, 2.24) is 9.55 Å². The van der Waals surface area contributed by atoms with Crippen molar-refractivity contribution in [2.75, 3.05) is 5.75 Å². The molecule has 0 radical (unpaired) electrons. The highest BCUT2D eigenvalue weighted by Crippen LogP contribution is 2.36. The first-order chi connectivity index (χ1) is 19.0. The van der Waals surface area contributed by atoms with Crippen LogP contribution in [0.4, 0.5) is 0 Å². The van der Waals surface area contributed by atoms with Gasteiger partial charge in [-0.25, -0.2) is 4.98 Å². The molecule has 1 unspecified atom stereocenters. The molecule has 2 aromatic carbocycles. The molecular weight excluding hydrogens is 521 g/mol. The molecule has 39 heavy (non-hydrogen) atoms. The number of hydrogen-bond donors (Lipinski definition) is 0. The molecule has 5 rings (SSSR count). The van der Waals surface area contributed by atoms with E-state index >= 15 is 0 Å². The first kappa shape index (κ1) is 27.9. The highest BCUT2D eigenvalue weighted by atomic mass is 32.2. The Bertz CT molecular complexity index is 1470. The number of carbonyl (C=O) groups excluding carboxylic acids is 1. The minimum atomic E-state index is 0.0550. The Morgan fingerprint density at radius 2 is 1.72 bits per heavy atom. The molecule has 6 heteroatoms. The van der Waals surface area contributed by atoms with E-state index in [-0.39, 0.29) is 17.1 Å². The third kappa shape index (κ3) is 6.55. The number of hydrogen-bond acceptors (Lipinski definition) is 5. The molecule has 0 amide bonds. The molecule has 4 nitrogen and oxygen atoms in total. The number of aromatic nitrogens is 2.